The van der Waals surface area contributed by atoms with Gasteiger partial charge in [0.25, 0.3) is 0 Å². The highest BCUT2D eigenvalue weighted by Gasteiger charge is 2.14. The molecule has 1 heterocycles. The molecule has 8 heteroatoms. The Morgan fingerprint density at radius 2 is 1.84 bits per heavy atom. The van der Waals surface area contributed by atoms with Gasteiger partial charge in [0.1, 0.15) is 5.82 Å². The average molecular weight is 364 g/mol. The number of carbonyl (C=O) groups excluding carboxylic acids is 2. The largest absolute Gasteiger partial charge is 0.493 e. The van der Waals surface area contributed by atoms with Crippen LogP contribution in [-0.2, 0) is 16.0 Å². The van der Waals surface area contributed by atoms with Crippen molar-refractivity contribution in [2.45, 2.75) is 6.42 Å². The van der Waals surface area contributed by atoms with Crippen molar-refractivity contribution in [2.24, 2.45) is 0 Å². The van der Waals surface area contributed by atoms with Gasteiger partial charge in [-0.05, 0) is 36.2 Å². The van der Waals surface area contributed by atoms with E-state index in [1.807, 2.05) is 12.1 Å². The van der Waals surface area contributed by atoms with Gasteiger partial charge in [-0.25, -0.2) is 4.98 Å². The highest BCUT2D eigenvalue weighted by molar-refractivity contribution is 6.39. The van der Waals surface area contributed by atoms with Crippen molar-refractivity contribution in [1.29, 1.82) is 0 Å². The Hall–Kier alpha value is -2.80. The van der Waals surface area contributed by atoms with E-state index in [1.54, 1.807) is 26.4 Å². The van der Waals surface area contributed by atoms with Crippen molar-refractivity contribution in [3.05, 3.63) is 47.1 Å². The number of nitrogens with zero attached hydrogens (tertiary/aromatic N) is 1. The van der Waals surface area contributed by atoms with Crippen LogP contribution in [0.25, 0.3) is 0 Å². The molecule has 1 aromatic heterocycles. The molecule has 0 unspecified atom stereocenters. The summed E-state index contributed by atoms with van der Waals surface area (Å²) in [4.78, 5) is 27.5. The maximum Gasteiger partial charge on any atom is 0.314 e. The van der Waals surface area contributed by atoms with Gasteiger partial charge in [0.2, 0.25) is 0 Å². The minimum atomic E-state index is -0.790. The van der Waals surface area contributed by atoms with Gasteiger partial charge in [-0.15, -0.1) is 0 Å². The molecule has 132 valence electrons. The lowest BCUT2D eigenvalue weighted by Gasteiger charge is -2.10. The third-order valence-corrected chi connectivity index (χ3v) is 3.55. The standard InChI is InChI=1S/C17H18ClN3O4/c1-24-13-5-3-11(9-14(13)25-2)7-8-19-16(22)17(23)21-15-6-4-12(18)10-20-15/h3-6,9-10H,7-8H2,1-2H3,(H,19,22)(H,20,21,23). The van der Waals surface area contributed by atoms with Crippen LogP contribution in [0, 0.1) is 0 Å². The van der Waals surface area contributed by atoms with Gasteiger partial charge in [0.15, 0.2) is 11.5 Å². The molecule has 0 atom stereocenters. The molecule has 0 aliphatic carbocycles. The van der Waals surface area contributed by atoms with Crippen molar-refractivity contribution in [1.82, 2.24) is 10.3 Å². The quantitative estimate of drug-likeness (QED) is 0.767. The van der Waals surface area contributed by atoms with E-state index in [9.17, 15) is 9.59 Å². The molecule has 0 saturated heterocycles. The number of aromatic nitrogens is 1. The molecule has 7 nitrogen and oxygen atoms in total. The molecule has 2 aromatic rings. The summed E-state index contributed by atoms with van der Waals surface area (Å²) in [5, 5.41) is 5.39. The lowest BCUT2D eigenvalue weighted by Crippen LogP contribution is -2.36. The third-order valence-electron chi connectivity index (χ3n) is 3.32. The number of nitrogens with one attached hydrogen (secondary N) is 2. The van der Waals surface area contributed by atoms with Crippen molar-refractivity contribution in [2.75, 3.05) is 26.1 Å². The summed E-state index contributed by atoms with van der Waals surface area (Å²) in [5.41, 5.74) is 0.942. The molecule has 1 aromatic carbocycles. The molecular formula is C17H18ClN3O4. The van der Waals surface area contributed by atoms with E-state index in [1.165, 1.54) is 12.3 Å². The van der Waals surface area contributed by atoms with Crippen molar-refractivity contribution < 1.29 is 19.1 Å². The number of hydrogen-bond acceptors (Lipinski definition) is 5. The molecule has 2 rings (SSSR count). The fourth-order valence-electron chi connectivity index (χ4n) is 2.06. The van der Waals surface area contributed by atoms with Crippen molar-refractivity contribution >= 4 is 29.2 Å². The summed E-state index contributed by atoms with van der Waals surface area (Å²) >= 11 is 5.71. The molecule has 2 N–H and O–H groups in total. The van der Waals surface area contributed by atoms with Gasteiger partial charge >= 0.3 is 11.8 Å². The maximum atomic E-state index is 11.8. The first-order valence-corrected chi connectivity index (χ1v) is 7.83. The number of ether oxygens (including phenoxy) is 2. The molecule has 25 heavy (non-hydrogen) atoms. The Morgan fingerprint density at radius 3 is 2.48 bits per heavy atom. The number of pyridine rings is 1. The highest BCUT2D eigenvalue weighted by atomic mass is 35.5. The number of halogens is 1. The van der Waals surface area contributed by atoms with Gasteiger partial charge in [-0.1, -0.05) is 17.7 Å². The van der Waals surface area contributed by atoms with Crippen molar-refractivity contribution in [3.8, 4) is 11.5 Å². The monoisotopic (exact) mass is 363 g/mol. The van der Waals surface area contributed by atoms with E-state index < -0.39 is 11.8 Å². The first-order chi connectivity index (χ1) is 12.0. The highest BCUT2D eigenvalue weighted by Crippen LogP contribution is 2.27. The second-order valence-corrected chi connectivity index (χ2v) is 5.45. The van der Waals surface area contributed by atoms with Crippen LogP contribution in [-0.4, -0.2) is 37.6 Å². The van der Waals surface area contributed by atoms with E-state index in [2.05, 4.69) is 15.6 Å². The average Bonchev–Trinajstić information content (AvgIpc) is 2.63. The zero-order valence-corrected chi connectivity index (χ0v) is 14.6. The number of methoxy groups -OCH3 is 2. The molecule has 0 saturated carbocycles. The van der Waals surface area contributed by atoms with Crippen LogP contribution >= 0.6 is 11.6 Å². The van der Waals surface area contributed by atoms with Gasteiger partial charge < -0.3 is 20.1 Å². The summed E-state index contributed by atoms with van der Waals surface area (Å²) in [7, 11) is 3.12. The van der Waals surface area contributed by atoms with Crippen LogP contribution in [0.5, 0.6) is 11.5 Å². The van der Waals surface area contributed by atoms with E-state index in [-0.39, 0.29) is 5.82 Å². The summed E-state index contributed by atoms with van der Waals surface area (Å²) in [5.74, 6) is -0.0354. The molecular weight excluding hydrogens is 346 g/mol. The van der Waals surface area contributed by atoms with Gasteiger partial charge in [0, 0.05) is 12.7 Å². The lowest BCUT2D eigenvalue weighted by molar-refractivity contribution is -0.136. The Morgan fingerprint density at radius 1 is 1.08 bits per heavy atom. The Kier molecular flexibility index (Phi) is 6.59. The fraction of sp³-hybridized carbons (Fsp3) is 0.235. The molecule has 0 aliphatic heterocycles. The summed E-state index contributed by atoms with van der Waals surface area (Å²) in [6, 6.07) is 8.55. The predicted molar refractivity (Wildman–Crippen MR) is 94.1 cm³/mol. The van der Waals surface area contributed by atoms with Crippen LogP contribution < -0.4 is 20.1 Å². The Balaban J connectivity index is 1.83. The molecule has 0 aliphatic rings. The zero-order chi connectivity index (χ0) is 18.2. The summed E-state index contributed by atoms with van der Waals surface area (Å²) in [6.07, 6.45) is 1.92. The second-order valence-electron chi connectivity index (χ2n) is 5.01. The molecule has 2 amide bonds. The molecule has 0 fully saturated rings. The van der Waals surface area contributed by atoms with Crippen LogP contribution in [0.1, 0.15) is 5.56 Å². The minimum Gasteiger partial charge on any atom is -0.493 e. The summed E-state index contributed by atoms with van der Waals surface area (Å²) < 4.78 is 10.4. The molecule has 0 bridgehead atoms. The van der Waals surface area contributed by atoms with Crippen LogP contribution in [0.4, 0.5) is 5.82 Å². The van der Waals surface area contributed by atoms with Crippen molar-refractivity contribution in [3.63, 3.8) is 0 Å². The third kappa shape index (κ3) is 5.36. The number of rotatable bonds is 6. The molecule has 0 spiro atoms. The number of benzene rings is 1. The zero-order valence-electron chi connectivity index (χ0n) is 13.8. The minimum absolute atomic E-state index is 0.254. The predicted octanol–water partition coefficient (Wildman–Crippen LogP) is 2.05. The smallest absolute Gasteiger partial charge is 0.314 e. The number of carbonyl (C=O) groups is 2. The first-order valence-electron chi connectivity index (χ1n) is 7.45. The van der Waals surface area contributed by atoms with E-state index in [0.29, 0.717) is 29.5 Å². The maximum absolute atomic E-state index is 11.8. The van der Waals surface area contributed by atoms with E-state index in [0.717, 1.165) is 5.56 Å². The SMILES string of the molecule is COc1ccc(CCNC(=O)C(=O)Nc2ccc(Cl)cn2)cc1OC. The van der Waals surface area contributed by atoms with E-state index in [4.69, 9.17) is 21.1 Å². The fourth-order valence-corrected chi connectivity index (χ4v) is 2.17. The summed E-state index contributed by atoms with van der Waals surface area (Å²) in [6.45, 7) is 0.301. The lowest BCUT2D eigenvalue weighted by atomic mass is 10.1. The first kappa shape index (κ1) is 18.5. The molecule has 0 radical (unpaired) electrons. The van der Waals surface area contributed by atoms with Gasteiger partial charge in [-0.3, -0.25) is 9.59 Å². The Bertz CT molecular complexity index is 750. The number of amides is 2. The normalized spacial score (nSPS) is 10.0. The van der Waals surface area contributed by atoms with Crippen LogP contribution in [0.15, 0.2) is 36.5 Å². The Labute approximate surface area is 150 Å². The number of anilines is 1. The number of hydrogen-bond donors (Lipinski definition) is 2. The van der Waals surface area contributed by atoms with Crippen LogP contribution in [0.3, 0.4) is 0 Å². The van der Waals surface area contributed by atoms with Gasteiger partial charge in [-0.2, -0.15) is 0 Å². The van der Waals surface area contributed by atoms with Gasteiger partial charge in [0.05, 0.1) is 19.2 Å². The van der Waals surface area contributed by atoms with Crippen LogP contribution in [0.2, 0.25) is 5.02 Å². The second kappa shape index (κ2) is 8.89. The van der Waals surface area contributed by atoms with E-state index >= 15 is 0 Å². The topological polar surface area (TPSA) is 89.5 Å².